The number of phosphoric ester groups is 1. The second-order valence-corrected chi connectivity index (χ2v) is 25.9. The van der Waals surface area contributed by atoms with Gasteiger partial charge in [-0.1, -0.05) is 47.5 Å². The summed E-state index contributed by atoms with van der Waals surface area (Å²) in [5.41, 5.74) is 5.30. The van der Waals surface area contributed by atoms with E-state index in [9.17, 15) is 88.9 Å². The molecule has 3 aliphatic heterocycles. The van der Waals surface area contributed by atoms with Crippen molar-refractivity contribution in [1.29, 1.82) is 0 Å². The van der Waals surface area contributed by atoms with Gasteiger partial charge in [0.25, 0.3) is 0 Å². The molecule has 17 atom stereocenters. The SMILES string of the molecule is CC.COCCCC(=O)CCCC(=O)CCC(C(=O)CNCC(=O)NCCCO[C@@H]1OC(CO)[C@H](O)[C@H](O)C1C)N(CC(=O)CCC(=O)NCCCO[C@@H]1OC(CO)[C@H](O)[C@H](O)C1C)C(=O)CCC(=O)NCCCO[C@@H]1OC(CO)[C@H](O)[C@H](O)C1C.COP(=O)(O)OCCCCCCN. The maximum atomic E-state index is 14.2. The molecular formula is C64H119N6O28P. The Morgan fingerprint density at radius 1 is 0.495 bits per heavy atom. The second kappa shape index (κ2) is 53.7. The molecule has 4 amide bonds. The lowest BCUT2D eigenvalue weighted by atomic mass is 9.92. The molecule has 0 saturated carbocycles. The van der Waals surface area contributed by atoms with Gasteiger partial charge in [-0.3, -0.25) is 47.4 Å². The molecule has 578 valence electrons. The van der Waals surface area contributed by atoms with Gasteiger partial charge >= 0.3 is 7.82 Å². The smallest absolute Gasteiger partial charge is 0.394 e. The number of rotatable bonds is 51. The zero-order valence-corrected chi connectivity index (χ0v) is 59.8. The summed E-state index contributed by atoms with van der Waals surface area (Å²) in [7, 11) is -1.09. The number of Topliss-reactive ketones (excluding diaryl/α,β-unsaturated/α-hetero) is 4. The number of nitrogens with two attached hydrogens (primary N) is 1. The number of ether oxygens (including phenoxy) is 7. The molecule has 0 spiro atoms. The second-order valence-electron chi connectivity index (χ2n) is 24.3. The number of hydrogen-bond donors (Lipinski definition) is 15. The molecule has 0 radical (unpaired) electrons. The number of hydrogen-bond acceptors (Lipinski definition) is 29. The first kappa shape index (κ1) is 93.0. The van der Waals surface area contributed by atoms with Gasteiger partial charge in [0.2, 0.25) is 23.6 Å². The minimum absolute atomic E-state index is 0.0213. The normalized spacial score (nSPS) is 26.1. The molecule has 0 aliphatic carbocycles. The average Bonchev–Trinajstić information content (AvgIpc) is 0.841. The summed E-state index contributed by atoms with van der Waals surface area (Å²) in [4.78, 5) is 117. The highest BCUT2D eigenvalue weighted by atomic mass is 31.2. The van der Waals surface area contributed by atoms with E-state index in [0.29, 0.717) is 19.6 Å². The first-order valence-electron chi connectivity index (χ1n) is 34.5. The largest absolute Gasteiger partial charge is 0.471 e. The zero-order chi connectivity index (χ0) is 74.5. The van der Waals surface area contributed by atoms with Gasteiger partial charge < -0.3 is 116 Å². The third-order valence-electron chi connectivity index (χ3n) is 16.5. The van der Waals surface area contributed by atoms with E-state index in [-0.39, 0.29) is 128 Å². The van der Waals surface area contributed by atoms with Crippen molar-refractivity contribution in [3.63, 3.8) is 0 Å². The third kappa shape index (κ3) is 37.3. The van der Waals surface area contributed by atoms with E-state index < -0.39 is 193 Å². The van der Waals surface area contributed by atoms with Crippen molar-refractivity contribution in [1.82, 2.24) is 26.2 Å². The van der Waals surface area contributed by atoms with E-state index in [1.807, 2.05) is 13.8 Å². The molecule has 16 N–H and O–H groups in total. The summed E-state index contributed by atoms with van der Waals surface area (Å²) >= 11 is 0. The van der Waals surface area contributed by atoms with Crippen molar-refractivity contribution in [2.45, 2.75) is 230 Å². The summed E-state index contributed by atoms with van der Waals surface area (Å²) in [6, 6.07) is -1.44. The highest BCUT2D eigenvalue weighted by Crippen LogP contribution is 2.42. The molecule has 3 heterocycles. The maximum absolute atomic E-state index is 14.2. The first-order chi connectivity index (χ1) is 47.2. The highest BCUT2D eigenvalue weighted by molar-refractivity contribution is 7.47. The number of nitrogens with one attached hydrogen (secondary N) is 4. The molecular weight excluding hydrogens is 1330 g/mol. The maximum Gasteiger partial charge on any atom is 0.471 e. The van der Waals surface area contributed by atoms with Gasteiger partial charge in [-0.05, 0) is 57.9 Å². The molecule has 0 aromatic heterocycles. The molecule has 0 aromatic rings. The number of nitrogens with zero attached hydrogens (tertiary/aromatic N) is 1. The summed E-state index contributed by atoms with van der Waals surface area (Å²) in [6.45, 7) is 7.37. The standard InChI is InChI=1S/C55H95N5O24.C7H18NO4P.C2H6/c1-32-47(72)50(75)40(29-61)82-53(32)79-23-7-19-57-43(68)16-14-37(66)28-60(46(71)18-17-44(69)58-20-8-24-80-54-33(2)48(73)51(76)41(30-62)83-54)38(15-13-36(65)11-5-10-35(64)12-6-22-78-4)39(67)26-56-27-45(70)59-21-9-25-81-55-34(3)49(74)52(77)42(31-63)84-55;1-11-13(9,10)12-7-5-3-2-4-6-8;1-2/h32-34,38,40-42,47-56,61-63,72-77H,5-31H2,1-4H3,(H,57,68)(H,58,69)(H,59,70);2-8H2,1H3,(H,9,10);1-2H3/t32?,33?,34?,38?,40?,41?,42?,47-,48-,49-,50+,51+,52+,53-,54-,55-;;/m1../s1. The molecule has 35 heteroatoms. The Hall–Kier alpha value is -4.05. The molecule has 3 aliphatic rings. The number of aliphatic hydroxyl groups excluding tert-OH is 9. The molecule has 0 aromatic carbocycles. The summed E-state index contributed by atoms with van der Waals surface area (Å²) < 4.78 is 58.3. The lowest BCUT2D eigenvalue weighted by molar-refractivity contribution is -0.282. The molecule has 0 bridgehead atoms. The van der Waals surface area contributed by atoms with Crippen LogP contribution in [0.2, 0.25) is 0 Å². The van der Waals surface area contributed by atoms with Crippen molar-refractivity contribution in [2.24, 2.45) is 23.5 Å². The molecule has 3 fully saturated rings. The number of ketones is 4. The first-order valence-corrected chi connectivity index (χ1v) is 36.0. The fourth-order valence-electron chi connectivity index (χ4n) is 10.4. The van der Waals surface area contributed by atoms with Gasteiger partial charge in [0, 0.05) is 110 Å². The van der Waals surface area contributed by atoms with Gasteiger partial charge in [0.1, 0.15) is 48.2 Å². The van der Waals surface area contributed by atoms with Crippen LogP contribution in [0.1, 0.15) is 150 Å². The predicted molar refractivity (Wildman–Crippen MR) is 354 cm³/mol. The number of amides is 4. The summed E-state index contributed by atoms with van der Waals surface area (Å²) in [5, 5.41) is 101. The summed E-state index contributed by atoms with van der Waals surface area (Å²) in [5.74, 6) is -6.06. The lowest BCUT2D eigenvalue weighted by Gasteiger charge is -2.40. The molecule has 3 rings (SSSR count). The number of unbranched alkanes of at least 4 members (excludes halogenated alkanes) is 3. The number of aliphatic hydroxyl groups is 9. The summed E-state index contributed by atoms with van der Waals surface area (Å²) in [6.07, 6.45) is -10.0. The number of methoxy groups -OCH3 is 1. The Kier molecular flexibility index (Phi) is 50.4. The molecule has 8 unspecified atom stereocenters. The zero-order valence-electron chi connectivity index (χ0n) is 58.9. The third-order valence-corrected chi connectivity index (χ3v) is 17.5. The van der Waals surface area contributed by atoms with Crippen LogP contribution in [0.25, 0.3) is 0 Å². The fraction of sp³-hybridized carbons (Fsp3) is 0.875. The van der Waals surface area contributed by atoms with Gasteiger partial charge in [-0.15, -0.1) is 0 Å². The Morgan fingerprint density at radius 2 is 0.919 bits per heavy atom. The van der Waals surface area contributed by atoms with Crippen LogP contribution in [-0.4, -0.2) is 295 Å². The number of carbonyl (C=O) groups is 8. The molecule has 3 saturated heterocycles. The van der Waals surface area contributed by atoms with Crippen LogP contribution in [0.3, 0.4) is 0 Å². The van der Waals surface area contributed by atoms with Gasteiger partial charge in [0.05, 0.1) is 90.2 Å². The van der Waals surface area contributed by atoms with Crippen molar-refractivity contribution in [2.75, 3.05) is 113 Å². The van der Waals surface area contributed by atoms with Crippen LogP contribution >= 0.6 is 7.82 Å². The average molecular weight is 1450 g/mol. The van der Waals surface area contributed by atoms with Crippen LogP contribution in [0, 0.1) is 17.8 Å². The van der Waals surface area contributed by atoms with Gasteiger partial charge in [-0.2, -0.15) is 0 Å². The van der Waals surface area contributed by atoms with E-state index in [1.165, 1.54) is 7.11 Å². The molecule has 99 heavy (non-hydrogen) atoms. The Morgan fingerprint density at radius 3 is 1.35 bits per heavy atom. The molecule has 34 nitrogen and oxygen atoms in total. The van der Waals surface area contributed by atoms with Crippen molar-refractivity contribution in [3.05, 3.63) is 0 Å². The van der Waals surface area contributed by atoms with Crippen LogP contribution in [-0.2, 0) is 85.1 Å². The van der Waals surface area contributed by atoms with Crippen molar-refractivity contribution in [3.8, 4) is 0 Å². The van der Waals surface area contributed by atoms with Crippen LogP contribution in [0.5, 0.6) is 0 Å². The number of carbonyl (C=O) groups excluding carboxylic acids is 8. The van der Waals surface area contributed by atoms with Crippen molar-refractivity contribution >= 4 is 54.6 Å². The van der Waals surface area contributed by atoms with Gasteiger partial charge in [0.15, 0.2) is 30.4 Å². The van der Waals surface area contributed by atoms with E-state index in [0.717, 1.165) is 37.7 Å². The van der Waals surface area contributed by atoms with Crippen LogP contribution in [0.4, 0.5) is 0 Å². The highest BCUT2D eigenvalue weighted by Gasteiger charge is 2.45. The minimum Gasteiger partial charge on any atom is -0.394 e. The van der Waals surface area contributed by atoms with Crippen LogP contribution in [0.15, 0.2) is 0 Å². The predicted octanol–water partition coefficient (Wildman–Crippen LogP) is -1.92. The van der Waals surface area contributed by atoms with E-state index in [1.54, 1.807) is 20.8 Å². The number of phosphoric acid groups is 1. The van der Waals surface area contributed by atoms with Gasteiger partial charge in [-0.25, -0.2) is 4.57 Å². The quantitative estimate of drug-likeness (QED) is 0.0233. The van der Waals surface area contributed by atoms with E-state index in [4.69, 9.17) is 43.8 Å². The van der Waals surface area contributed by atoms with Crippen LogP contribution < -0.4 is 27.0 Å². The van der Waals surface area contributed by atoms with E-state index >= 15 is 0 Å². The lowest BCUT2D eigenvalue weighted by Crippen LogP contribution is -2.55. The topological polar surface area (TPSA) is 516 Å². The Bertz CT molecular complexity index is 2330. The Balaban J connectivity index is 0.00000291. The van der Waals surface area contributed by atoms with E-state index in [2.05, 4.69) is 30.3 Å². The Labute approximate surface area is 581 Å². The monoisotopic (exact) mass is 1450 g/mol. The minimum atomic E-state index is -3.75. The van der Waals surface area contributed by atoms with Crippen molar-refractivity contribution < 1.29 is 136 Å². The fourth-order valence-corrected chi connectivity index (χ4v) is 10.9.